The van der Waals surface area contributed by atoms with Gasteiger partial charge in [-0.3, -0.25) is 4.79 Å². The number of rotatable bonds is 6. The molecule has 1 heterocycles. The maximum Gasteiger partial charge on any atom is 0.406 e. The van der Waals surface area contributed by atoms with E-state index in [1.54, 1.807) is 31.2 Å². The summed E-state index contributed by atoms with van der Waals surface area (Å²) in [5, 5.41) is 0.679. The summed E-state index contributed by atoms with van der Waals surface area (Å²) in [5.41, 5.74) is 0.946. The standard InChI is InChI=1S/C18H20F3NO3/c1-11(12-7-8-12)22(10-18(19,20)21)17(23)16-14(9-24-2)13-5-3-4-6-15(13)25-16/h3-6,11-12H,7-10H2,1-2H3. The second kappa shape index (κ2) is 6.71. The molecule has 0 radical (unpaired) electrons. The minimum atomic E-state index is -4.47. The minimum absolute atomic E-state index is 0.0696. The number of halogens is 3. The minimum Gasteiger partial charge on any atom is -0.451 e. The molecule has 0 aliphatic heterocycles. The number of hydrogen-bond acceptors (Lipinski definition) is 3. The largest absolute Gasteiger partial charge is 0.451 e. The maximum atomic E-state index is 13.0. The Morgan fingerprint density at radius 3 is 2.64 bits per heavy atom. The van der Waals surface area contributed by atoms with Crippen molar-refractivity contribution in [3.63, 3.8) is 0 Å². The molecular weight excluding hydrogens is 335 g/mol. The number of amides is 1. The second-order valence-corrected chi connectivity index (χ2v) is 6.47. The fourth-order valence-corrected chi connectivity index (χ4v) is 3.12. The number of para-hydroxylation sites is 1. The summed E-state index contributed by atoms with van der Waals surface area (Å²) < 4.78 is 49.8. The molecule has 3 rings (SSSR count). The van der Waals surface area contributed by atoms with Crippen LogP contribution in [0, 0.1) is 5.92 Å². The Balaban J connectivity index is 2.01. The Labute approximate surface area is 143 Å². The number of carbonyl (C=O) groups is 1. The van der Waals surface area contributed by atoms with Gasteiger partial charge in [0.1, 0.15) is 12.1 Å². The molecule has 1 aromatic heterocycles. The van der Waals surface area contributed by atoms with Crippen molar-refractivity contribution in [2.24, 2.45) is 5.92 Å². The number of benzene rings is 1. The van der Waals surface area contributed by atoms with Gasteiger partial charge in [-0.25, -0.2) is 0 Å². The van der Waals surface area contributed by atoms with Crippen molar-refractivity contribution in [1.82, 2.24) is 4.90 Å². The van der Waals surface area contributed by atoms with Gasteiger partial charge < -0.3 is 14.1 Å². The average molecular weight is 355 g/mol. The number of carbonyl (C=O) groups excluding carboxylic acids is 1. The molecule has 1 saturated carbocycles. The van der Waals surface area contributed by atoms with E-state index in [2.05, 4.69) is 0 Å². The smallest absolute Gasteiger partial charge is 0.406 e. The van der Waals surface area contributed by atoms with Gasteiger partial charge in [0.05, 0.1) is 6.61 Å². The van der Waals surface area contributed by atoms with Crippen molar-refractivity contribution in [2.75, 3.05) is 13.7 Å². The number of hydrogen-bond donors (Lipinski definition) is 0. The molecule has 1 aromatic carbocycles. The molecule has 2 aromatic rings. The van der Waals surface area contributed by atoms with Crippen molar-refractivity contribution in [3.8, 4) is 0 Å². The lowest BCUT2D eigenvalue weighted by Crippen LogP contribution is -2.45. The highest BCUT2D eigenvalue weighted by molar-refractivity contribution is 5.99. The molecule has 1 unspecified atom stereocenters. The molecule has 0 saturated heterocycles. The van der Waals surface area contributed by atoms with E-state index in [9.17, 15) is 18.0 Å². The van der Waals surface area contributed by atoms with Crippen molar-refractivity contribution in [3.05, 3.63) is 35.6 Å². The van der Waals surface area contributed by atoms with Crippen LogP contribution < -0.4 is 0 Å². The van der Waals surface area contributed by atoms with Gasteiger partial charge in [-0.15, -0.1) is 0 Å². The zero-order chi connectivity index (χ0) is 18.2. The van der Waals surface area contributed by atoms with E-state index < -0.39 is 24.7 Å². The van der Waals surface area contributed by atoms with Crippen LogP contribution in [0.2, 0.25) is 0 Å². The molecule has 136 valence electrons. The zero-order valence-corrected chi connectivity index (χ0v) is 14.1. The molecule has 7 heteroatoms. The summed E-state index contributed by atoms with van der Waals surface area (Å²) in [4.78, 5) is 13.8. The van der Waals surface area contributed by atoms with E-state index in [0.29, 0.717) is 16.5 Å². The maximum absolute atomic E-state index is 13.0. The number of ether oxygens (including phenoxy) is 1. The van der Waals surface area contributed by atoms with Crippen LogP contribution in [0.3, 0.4) is 0 Å². The first kappa shape index (κ1) is 17.8. The number of fused-ring (bicyclic) bond motifs is 1. The molecule has 0 bridgehead atoms. The first-order valence-electron chi connectivity index (χ1n) is 8.19. The number of methoxy groups -OCH3 is 1. The summed E-state index contributed by atoms with van der Waals surface area (Å²) in [7, 11) is 1.47. The summed E-state index contributed by atoms with van der Waals surface area (Å²) in [6, 6.07) is 6.49. The number of nitrogens with zero attached hydrogens (tertiary/aromatic N) is 1. The topological polar surface area (TPSA) is 42.7 Å². The van der Waals surface area contributed by atoms with Crippen molar-refractivity contribution >= 4 is 16.9 Å². The van der Waals surface area contributed by atoms with Crippen LogP contribution in [0.4, 0.5) is 13.2 Å². The van der Waals surface area contributed by atoms with E-state index in [0.717, 1.165) is 17.7 Å². The second-order valence-electron chi connectivity index (χ2n) is 6.47. The predicted molar refractivity (Wildman–Crippen MR) is 86.2 cm³/mol. The summed E-state index contributed by atoms with van der Waals surface area (Å²) in [5.74, 6) is -0.693. The van der Waals surface area contributed by atoms with Crippen LogP contribution in [0.15, 0.2) is 28.7 Å². The Morgan fingerprint density at radius 2 is 2.04 bits per heavy atom. The Morgan fingerprint density at radius 1 is 1.36 bits per heavy atom. The van der Waals surface area contributed by atoms with Gasteiger partial charge in [-0.2, -0.15) is 13.2 Å². The molecule has 25 heavy (non-hydrogen) atoms. The normalized spacial score (nSPS) is 16.2. The quantitative estimate of drug-likeness (QED) is 0.772. The van der Waals surface area contributed by atoms with Gasteiger partial charge in [-0.1, -0.05) is 18.2 Å². The fourth-order valence-electron chi connectivity index (χ4n) is 3.12. The van der Waals surface area contributed by atoms with Crippen LogP contribution >= 0.6 is 0 Å². The van der Waals surface area contributed by atoms with Crippen LogP contribution in [0.1, 0.15) is 35.9 Å². The predicted octanol–water partition coefficient (Wildman–Crippen LogP) is 4.38. The van der Waals surface area contributed by atoms with Gasteiger partial charge in [-0.05, 0) is 31.7 Å². The molecule has 1 aliphatic carbocycles. The first-order chi connectivity index (χ1) is 11.8. The van der Waals surface area contributed by atoms with Gasteiger partial charge in [0, 0.05) is 24.1 Å². The first-order valence-corrected chi connectivity index (χ1v) is 8.19. The van der Waals surface area contributed by atoms with E-state index in [1.807, 2.05) is 0 Å². The highest BCUT2D eigenvalue weighted by Gasteiger charge is 2.42. The Hall–Kier alpha value is -2.02. The average Bonchev–Trinajstić information content (AvgIpc) is 3.34. The van der Waals surface area contributed by atoms with Gasteiger partial charge in [0.15, 0.2) is 5.76 Å². The third-order valence-electron chi connectivity index (χ3n) is 4.59. The van der Waals surface area contributed by atoms with Gasteiger partial charge >= 0.3 is 6.18 Å². The van der Waals surface area contributed by atoms with Crippen LogP contribution in [-0.2, 0) is 11.3 Å². The van der Waals surface area contributed by atoms with Crippen LogP contribution in [0.5, 0.6) is 0 Å². The fraction of sp³-hybridized carbons (Fsp3) is 0.500. The Bertz CT molecular complexity index is 765. The molecule has 1 amide bonds. The number of alkyl halides is 3. The summed E-state index contributed by atoms with van der Waals surface area (Å²) in [6.07, 6.45) is -2.78. The van der Waals surface area contributed by atoms with Crippen molar-refractivity contribution in [2.45, 2.75) is 38.6 Å². The van der Waals surface area contributed by atoms with E-state index in [4.69, 9.17) is 9.15 Å². The van der Waals surface area contributed by atoms with Crippen LogP contribution in [0.25, 0.3) is 11.0 Å². The molecule has 1 atom stereocenters. The van der Waals surface area contributed by atoms with Gasteiger partial charge in [0.2, 0.25) is 0 Å². The third kappa shape index (κ3) is 3.81. The molecule has 1 aliphatic rings. The molecule has 0 spiro atoms. The van der Waals surface area contributed by atoms with Gasteiger partial charge in [0.25, 0.3) is 5.91 Å². The summed E-state index contributed by atoms with van der Waals surface area (Å²) >= 11 is 0. The summed E-state index contributed by atoms with van der Waals surface area (Å²) in [6.45, 7) is 0.475. The Kier molecular flexibility index (Phi) is 4.77. The van der Waals surface area contributed by atoms with E-state index in [1.165, 1.54) is 7.11 Å². The van der Waals surface area contributed by atoms with E-state index in [-0.39, 0.29) is 18.3 Å². The molecular formula is C18H20F3NO3. The van der Waals surface area contributed by atoms with Crippen molar-refractivity contribution in [1.29, 1.82) is 0 Å². The monoisotopic (exact) mass is 355 g/mol. The molecule has 4 nitrogen and oxygen atoms in total. The van der Waals surface area contributed by atoms with E-state index >= 15 is 0 Å². The number of furan rings is 1. The van der Waals surface area contributed by atoms with Crippen molar-refractivity contribution < 1.29 is 27.1 Å². The van der Waals surface area contributed by atoms with Crippen LogP contribution in [-0.4, -0.2) is 36.7 Å². The lowest BCUT2D eigenvalue weighted by Gasteiger charge is -2.29. The lowest BCUT2D eigenvalue weighted by molar-refractivity contribution is -0.145. The zero-order valence-electron chi connectivity index (χ0n) is 14.1. The highest BCUT2D eigenvalue weighted by Crippen LogP contribution is 2.37. The molecule has 1 fully saturated rings. The SMILES string of the molecule is COCc1c(C(=O)N(CC(F)(F)F)C(C)C2CC2)oc2ccccc12. The lowest BCUT2D eigenvalue weighted by atomic mass is 10.1. The highest BCUT2D eigenvalue weighted by atomic mass is 19.4. The molecule has 0 N–H and O–H groups in total. The third-order valence-corrected chi connectivity index (χ3v) is 4.59.